The van der Waals surface area contributed by atoms with Crippen LogP contribution >= 0.6 is 0 Å². The summed E-state index contributed by atoms with van der Waals surface area (Å²) in [6, 6.07) is 0. The van der Waals surface area contributed by atoms with Crippen molar-refractivity contribution >= 4 is 0 Å². The molecule has 0 unspecified atom stereocenters. The minimum atomic E-state index is 0.829. The predicted octanol–water partition coefficient (Wildman–Crippen LogP) is 0.735. The van der Waals surface area contributed by atoms with Gasteiger partial charge < -0.3 is 4.74 Å². The van der Waals surface area contributed by atoms with E-state index in [0.717, 1.165) is 25.3 Å². The molecular formula is C6H8N2O. The van der Waals surface area contributed by atoms with Crippen molar-refractivity contribution in [1.29, 1.82) is 0 Å². The topological polar surface area (TPSA) is 37.9 Å². The summed E-state index contributed by atoms with van der Waals surface area (Å²) in [7, 11) is 0. The number of H-pyrrole nitrogens is 1. The van der Waals surface area contributed by atoms with E-state index in [0.29, 0.717) is 0 Å². The first-order chi connectivity index (χ1) is 4.47. The van der Waals surface area contributed by atoms with Crippen molar-refractivity contribution in [2.45, 2.75) is 12.8 Å². The Morgan fingerprint density at radius 3 is 3.56 bits per heavy atom. The molecule has 0 atom stereocenters. The molecule has 3 nitrogen and oxygen atoms in total. The van der Waals surface area contributed by atoms with Gasteiger partial charge in [-0.15, -0.1) is 0 Å². The Labute approximate surface area is 53.0 Å². The summed E-state index contributed by atoms with van der Waals surface area (Å²) in [5.74, 6) is 0.862. The molecular weight excluding hydrogens is 116 g/mol. The van der Waals surface area contributed by atoms with Crippen LogP contribution in [-0.4, -0.2) is 16.8 Å². The van der Waals surface area contributed by atoms with Gasteiger partial charge in [0.1, 0.15) is 0 Å². The van der Waals surface area contributed by atoms with Crippen LogP contribution in [0.5, 0.6) is 5.88 Å². The van der Waals surface area contributed by atoms with Gasteiger partial charge >= 0.3 is 0 Å². The van der Waals surface area contributed by atoms with E-state index in [2.05, 4.69) is 10.2 Å². The molecule has 0 fully saturated rings. The Morgan fingerprint density at radius 1 is 1.67 bits per heavy atom. The molecule has 2 heterocycles. The fourth-order valence-electron chi connectivity index (χ4n) is 1.04. The molecule has 0 amide bonds. The summed E-state index contributed by atoms with van der Waals surface area (Å²) in [5.41, 5.74) is 1.21. The molecule has 0 saturated carbocycles. The molecule has 0 bridgehead atoms. The molecule has 0 radical (unpaired) electrons. The van der Waals surface area contributed by atoms with E-state index in [1.807, 2.05) is 6.20 Å². The van der Waals surface area contributed by atoms with Gasteiger partial charge in [0.05, 0.1) is 12.8 Å². The zero-order chi connectivity index (χ0) is 6.10. The van der Waals surface area contributed by atoms with E-state index in [1.165, 1.54) is 5.56 Å². The maximum absolute atomic E-state index is 5.25. The number of nitrogens with one attached hydrogen (secondary N) is 1. The van der Waals surface area contributed by atoms with Crippen LogP contribution in [0.15, 0.2) is 6.20 Å². The maximum Gasteiger partial charge on any atom is 0.212 e. The molecule has 1 aromatic rings. The molecule has 9 heavy (non-hydrogen) atoms. The summed E-state index contributed by atoms with van der Waals surface area (Å²) in [5, 5.41) is 6.64. The summed E-state index contributed by atoms with van der Waals surface area (Å²) in [4.78, 5) is 0. The first-order valence-electron chi connectivity index (χ1n) is 3.12. The van der Waals surface area contributed by atoms with Crippen LogP contribution in [0.3, 0.4) is 0 Å². The number of fused-ring (bicyclic) bond motifs is 1. The van der Waals surface area contributed by atoms with Gasteiger partial charge in [-0.25, -0.2) is 5.10 Å². The molecule has 3 heteroatoms. The van der Waals surface area contributed by atoms with E-state index in [1.54, 1.807) is 0 Å². The third-order valence-electron chi connectivity index (χ3n) is 1.51. The second-order valence-electron chi connectivity index (χ2n) is 2.18. The van der Waals surface area contributed by atoms with E-state index >= 15 is 0 Å². The number of aromatic nitrogens is 2. The van der Waals surface area contributed by atoms with Crippen molar-refractivity contribution in [3.63, 3.8) is 0 Å². The van der Waals surface area contributed by atoms with Gasteiger partial charge in [-0.1, -0.05) is 0 Å². The van der Waals surface area contributed by atoms with Crippen LogP contribution in [0.2, 0.25) is 0 Å². The molecule has 2 rings (SSSR count). The third kappa shape index (κ3) is 0.686. The quantitative estimate of drug-likeness (QED) is 0.553. The van der Waals surface area contributed by atoms with Gasteiger partial charge in [0.25, 0.3) is 0 Å². The zero-order valence-electron chi connectivity index (χ0n) is 5.05. The molecule has 0 spiro atoms. The number of nitrogens with zero attached hydrogens (tertiary/aromatic N) is 1. The fraction of sp³-hybridized carbons (Fsp3) is 0.500. The fourth-order valence-corrected chi connectivity index (χ4v) is 1.04. The molecule has 1 N–H and O–H groups in total. The summed E-state index contributed by atoms with van der Waals surface area (Å²) in [6.07, 6.45) is 4.05. The van der Waals surface area contributed by atoms with Gasteiger partial charge in [0.2, 0.25) is 5.88 Å². The van der Waals surface area contributed by atoms with Crippen molar-refractivity contribution in [3.05, 3.63) is 11.8 Å². The van der Waals surface area contributed by atoms with Gasteiger partial charge in [0.15, 0.2) is 0 Å². The number of aryl methyl sites for hydroxylation is 1. The molecule has 1 aliphatic rings. The van der Waals surface area contributed by atoms with E-state index < -0.39 is 0 Å². The number of aromatic amines is 1. The normalized spacial score (nSPS) is 16.4. The van der Waals surface area contributed by atoms with Gasteiger partial charge in [0, 0.05) is 5.56 Å². The SMILES string of the molecule is c1n[nH]c2c1CCCO2. The standard InChI is InChI=1S/C6H8N2O/c1-2-5-4-7-8-6(5)9-3-1/h4H,1-3H2,(H,7,8). The second kappa shape index (κ2) is 1.76. The molecule has 1 aliphatic heterocycles. The zero-order valence-corrected chi connectivity index (χ0v) is 5.05. The summed E-state index contributed by atoms with van der Waals surface area (Å²) in [6.45, 7) is 0.829. The van der Waals surface area contributed by atoms with Gasteiger partial charge in [-0.2, -0.15) is 5.10 Å². The monoisotopic (exact) mass is 124 g/mol. The predicted molar refractivity (Wildman–Crippen MR) is 32.4 cm³/mol. The van der Waals surface area contributed by atoms with Crippen LogP contribution in [0.1, 0.15) is 12.0 Å². The Balaban J connectivity index is 2.39. The largest absolute Gasteiger partial charge is 0.478 e. The number of rotatable bonds is 0. The number of ether oxygens (including phenoxy) is 1. The lowest BCUT2D eigenvalue weighted by Crippen LogP contribution is -2.06. The van der Waals surface area contributed by atoms with Crippen LogP contribution < -0.4 is 4.74 Å². The Bertz CT molecular complexity index is 186. The van der Waals surface area contributed by atoms with Crippen molar-refractivity contribution in [2.75, 3.05) is 6.61 Å². The van der Waals surface area contributed by atoms with Crippen molar-refractivity contribution in [1.82, 2.24) is 10.2 Å². The van der Waals surface area contributed by atoms with E-state index in [9.17, 15) is 0 Å². The van der Waals surface area contributed by atoms with Crippen molar-refractivity contribution in [3.8, 4) is 5.88 Å². The Hall–Kier alpha value is -0.990. The highest BCUT2D eigenvalue weighted by molar-refractivity contribution is 5.23. The lowest BCUT2D eigenvalue weighted by molar-refractivity contribution is 0.277. The summed E-state index contributed by atoms with van der Waals surface area (Å²) < 4.78 is 5.25. The average Bonchev–Trinajstić information content (AvgIpc) is 2.33. The molecule has 0 aromatic carbocycles. The first-order valence-corrected chi connectivity index (χ1v) is 3.12. The van der Waals surface area contributed by atoms with Gasteiger partial charge in [-0.3, -0.25) is 0 Å². The highest BCUT2D eigenvalue weighted by atomic mass is 16.5. The maximum atomic E-state index is 5.25. The lowest BCUT2D eigenvalue weighted by atomic mass is 10.2. The van der Waals surface area contributed by atoms with E-state index in [4.69, 9.17) is 4.74 Å². The Kier molecular flexibility index (Phi) is 0.946. The highest BCUT2D eigenvalue weighted by Gasteiger charge is 2.10. The smallest absolute Gasteiger partial charge is 0.212 e. The van der Waals surface area contributed by atoms with Crippen molar-refractivity contribution < 1.29 is 4.74 Å². The van der Waals surface area contributed by atoms with Crippen LogP contribution in [-0.2, 0) is 6.42 Å². The van der Waals surface area contributed by atoms with Crippen LogP contribution in [0, 0.1) is 0 Å². The third-order valence-corrected chi connectivity index (χ3v) is 1.51. The molecule has 48 valence electrons. The van der Waals surface area contributed by atoms with Crippen molar-refractivity contribution in [2.24, 2.45) is 0 Å². The molecule has 1 aromatic heterocycles. The van der Waals surface area contributed by atoms with Gasteiger partial charge in [-0.05, 0) is 12.8 Å². The highest BCUT2D eigenvalue weighted by Crippen LogP contribution is 2.19. The minimum absolute atomic E-state index is 0.829. The summed E-state index contributed by atoms with van der Waals surface area (Å²) >= 11 is 0. The first kappa shape index (κ1) is 4.85. The van der Waals surface area contributed by atoms with Crippen LogP contribution in [0.25, 0.3) is 0 Å². The number of hydrogen-bond donors (Lipinski definition) is 1. The second-order valence-corrected chi connectivity index (χ2v) is 2.18. The lowest BCUT2D eigenvalue weighted by Gasteiger charge is -2.10. The average molecular weight is 124 g/mol. The minimum Gasteiger partial charge on any atom is -0.478 e. The molecule has 0 saturated heterocycles. The molecule has 0 aliphatic carbocycles. The number of hydrogen-bond acceptors (Lipinski definition) is 2. The van der Waals surface area contributed by atoms with Crippen LogP contribution in [0.4, 0.5) is 0 Å². The van der Waals surface area contributed by atoms with E-state index in [-0.39, 0.29) is 0 Å². The Morgan fingerprint density at radius 2 is 2.67 bits per heavy atom.